The Hall–Kier alpha value is -2.53. The first kappa shape index (κ1) is 22.2. The second-order valence-electron chi connectivity index (χ2n) is 6.39. The van der Waals surface area contributed by atoms with Gasteiger partial charge in [-0.1, -0.05) is 22.9 Å². The molecular weight excluding hydrogens is 450 g/mol. The zero-order valence-corrected chi connectivity index (χ0v) is 18.7. The van der Waals surface area contributed by atoms with Gasteiger partial charge in [0.2, 0.25) is 10.0 Å². The highest BCUT2D eigenvalue weighted by molar-refractivity contribution is 7.89. The number of ether oxygens (including phenoxy) is 1. The number of sulfonamides is 1. The fourth-order valence-electron chi connectivity index (χ4n) is 2.61. The normalized spacial score (nSPS) is 12.5. The molecule has 30 heavy (non-hydrogen) atoms. The van der Waals surface area contributed by atoms with Crippen molar-refractivity contribution in [3.05, 3.63) is 57.9 Å². The number of halogens is 1. The highest BCUT2D eigenvalue weighted by atomic mass is 35.5. The zero-order valence-electron chi connectivity index (χ0n) is 16.3. The number of benzene rings is 2. The lowest BCUT2D eigenvalue weighted by Gasteiger charge is -2.11. The largest absolute Gasteiger partial charge is 0.468 e. The van der Waals surface area contributed by atoms with Gasteiger partial charge in [-0.15, -0.1) is 0 Å². The Bertz CT molecular complexity index is 1290. The molecule has 3 aromatic rings. The molecule has 0 saturated carbocycles. The van der Waals surface area contributed by atoms with Crippen molar-refractivity contribution in [1.29, 1.82) is 0 Å². The van der Waals surface area contributed by atoms with Crippen molar-refractivity contribution in [2.75, 3.05) is 21.2 Å². The Labute approximate surface area is 182 Å². The minimum Gasteiger partial charge on any atom is -0.468 e. The number of nitrogens with zero attached hydrogens (tertiary/aromatic N) is 3. The Balaban J connectivity index is 2.04. The summed E-state index contributed by atoms with van der Waals surface area (Å²) >= 11 is 7.25. The van der Waals surface area contributed by atoms with Crippen molar-refractivity contribution in [3.63, 3.8) is 0 Å². The van der Waals surface area contributed by atoms with Gasteiger partial charge < -0.3 is 9.30 Å². The van der Waals surface area contributed by atoms with Gasteiger partial charge in [0.15, 0.2) is 4.80 Å². The SMILES string of the molecule is COC(=O)Cn1c(=NC(=O)c2ccc(S(=O)(=O)N(C)C)cc2)sc2cc(Cl)ccc21. The Morgan fingerprint density at radius 3 is 2.43 bits per heavy atom. The van der Waals surface area contributed by atoms with Crippen molar-refractivity contribution in [2.45, 2.75) is 11.4 Å². The average Bonchev–Trinajstić information content (AvgIpc) is 3.03. The molecule has 8 nitrogen and oxygen atoms in total. The second kappa shape index (κ2) is 8.68. The number of hydrogen-bond acceptors (Lipinski definition) is 6. The molecular formula is C19H18ClN3O5S2. The van der Waals surface area contributed by atoms with E-state index in [1.807, 2.05) is 0 Å². The summed E-state index contributed by atoms with van der Waals surface area (Å²) in [5, 5.41) is 0.518. The summed E-state index contributed by atoms with van der Waals surface area (Å²) in [6, 6.07) is 10.6. The van der Waals surface area contributed by atoms with Crippen LogP contribution < -0.4 is 4.80 Å². The lowest BCUT2D eigenvalue weighted by Crippen LogP contribution is -2.23. The van der Waals surface area contributed by atoms with Gasteiger partial charge in [-0.2, -0.15) is 4.99 Å². The van der Waals surface area contributed by atoms with E-state index in [9.17, 15) is 18.0 Å². The first-order valence-electron chi connectivity index (χ1n) is 8.61. The summed E-state index contributed by atoms with van der Waals surface area (Å²) in [5.41, 5.74) is 0.904. The summed E-state index contributed by atoms with van der Waals surface area (Å²) < 4.78 is 32.5. The van der Waals surface area contributed by atoms with Crippen LogP contribution in [0, 0.1) is 0 Å². The molecule has 0 radical (unpaired) electrons. The number of hydrogen-bond donors (Lipinski definition) is 0. The number of carbonyl (C=O) groups excluding carboxylic acids is 2. The van der Waals surface area contributed by atoms with Crippen LogP contribution in [0.25, 0.3) is 10.2 Å². The summed E-state index contributed by atoms with van der Waals surface area (Å²) in [5.74, 6) is -1.06. The Morgan fingerprint density at radius 1 is 1.17 bits per heavy atom. The predicted octanol–water partition coefficient (Wildman–Crippen LogP) is 2.52. The van der Waals surface area contributed by atoms with Gasteiger partial charge in [0, 0.05) is 24.7 Å². The first-order chi connectivity index (χ1) is 14.1. The Morgan fingerprint density at radius 2 is 1.83 bits per heavy atom. The molecule has 1 aromatic heterocycles. The number of amides is 1. The van der Waals surface area contributed by atoms with Crippen LogP contribution in [-0.4, -0.2) is 50.4 Å². The fraction of sp³-hybridized carbons (Fsp3) is 0.211. The van der Waals surface area contributed by atoms with Crippen LogP contribution in [0.15, 0.2) is 52.4 Å². The maximum absolute atomic E-state index is 12.7. The van der Waals surface area contributed by atoms with E-state index in [0.29, 0.717) is 15.3 Å². The summed E-state index contributed by atoms with van der Waals surface area (Å²) in [6.07, 6.45) is 0. The third kappa shape index (κ3) is 4.46. The number of esters is 1. The van der Waals surface area contributed by atoms with Crippen LogP contribution >= 0.6 is 22.9 Å². The van der Waals surface area contributed by atoms with Crippen molar-refractivity contribution < 1.29 is 22.7 Å². The van der Waals surface area contributed by atoms with Gasteiger partial charge >= 0.3 is 5.97 Å². The molecule has 0 aliphatic heterocycles. The number of carbonyl (C=O) groups is 2. The van der Waals surface area contributed by atoms with E-state index >= 15 is 0 Å². The van der Waals surface area contributed by atoms with Gasteiger partial charge in [-0.05, 0) is 42.5 Å². The van der Waals surface area contributed by atoms with Gasteiger partial charge in [0.25, 0.3) is 5.91 Å². The van der Waals surface area contributed by atoms with Crippen molar-refractivity contribution in [1.82, 2.24) is 8.87 Å². The molecule has 0 N–H and O–H groups in total. The number of fused-ring (bicyclic) bond motifs is 1. The highest BCUT2D eigenvalue weighted by Crippen LogP contribution is 2.22. The minimum absolute atomic E-state index is 0.0707. The van der Waals surface area contributed by atoms with Crippen molar-refractivity contribution >= 4 is 55.1 Å². The molecule has 2 aromatic carbocycles. The molecule has 1 amide bonds. The van der Waals surface area contributed by atoms with Crippen LogP contribution in [0.5, 0.6) is 0 Å². The van der Waals surface area contributed by atoms with Crippen LogP contribution in [-0.2, 0) is 26.1 Å². The van der Waals surface area contributed by atoms with Crippen LogP contribution in [0.4, 0.5) is 0 Å². The molecule has 0 aliphatic carbocycles. The molecule has 3 rings (SSSR count). The monoisotopic (exact) mass is 467 g/mol. The van der Waals surface area contributed by atoms with E-state index in [0.717, 1.165) is 9.01 Å². The van der Waals surface area contributed by atoms with Crippen LogP contribution in [0.3, 0.4) is 0 Å². The molecule has 0 atom stereocenters. The molecule has 0 fully saturated rings. The average molecular weight is 468 g/mol. The van der Waals surface area contributed by atoms with E-state index < -0.39 is 21.9 Å². The quantitative estimate of drug-likeness (QED) is 0.537. The van der Waals surface area contributed by atoms with Gasteiger partial charge in [0.1, 0.15) is 6.54 Å². The minimum atomic E-state index is -3.60. The van der Waals surface area contributed by atoms with Crippen LogP contribution in [0.2, 0.25) is 5.02 Å². The lowest BCUT2D eigenvalue weighted by molar-refractivity contribution is -0.141. The van der Waals surface area contributed by atoms with Gasteiger partial charge in [-0.3, -0.25) is 9.59 Å². The zero-order chi connectivity index (χ0) is 22.1. The molecule has 0 spiro atoms. The van der Waals surface area contributed by atoms with Gasteiger partial charge in [-0.25, -0.2) is 12.7 Å². The van der Waals surface area contributed by atoms with Crippen molar-refractivity contribution in [2.24, 2.45) is 4.99 Å². The number of methoxy groups -OCH3 is 1. The molecule has 0 bridgehead atoms. The molecule has 158 valence electrons. The third-order valence-corrected chi connectivity index (χ3v) is 7.34. The standard InChI is InChI=1S/C19H18ClN3O5S2/c1-22(2)30(26,27)14-7-4-12(5-8-14)18(25)21-19-23(11-17(24)28-3)15-9-6-13(20)10-16(15)29-19/h4-10H,11H2,1-3H3. The third-order valence-electron chi connectivity index (χ3n) is 4.24. The molecule has 11 heteroatoms. The fourth-order valence-corrected chi connectivity index (χ4v) is 4.82. The summed E-state index contributed by atoms with van der Waals surface area (Å²) in [7, 11) is 0.536. The van der Waals surface area contributed by atoms with Crippen LogP contribution in [0.1, 0.15) is 10.4 Å². The number of rotatable bonds is 5. The predicted molar refractivity (Wildman–Crippen MR) is 114 cm³/mol. The number of thiazole rings is 1. The van der Waals surface area contributed by atoms with E-state index in [2.05, 4.69) is 4.99 Å². The lowest BCUT2D eigenvalue weighted by atomic mass is 10.2. The topological polar surface area (TPSA) is 98.0 Å². The molecule has 0 saturated heterocycles. The maximum atomic E-state index is 12.7. The highest BCUT2D eigenvalue weighted by Gasteiger charge is 2.18. The van der Waals surface area contributed by atoms with E-state index in [4.69, 9.17) is 16.3 Å². The van der Waals surface area contributed by atoms with Gasteiger partial charge in [0.05, 0.1) is 22.2 Å². The second-order valence-corrected chi connectivity index (χ2v) is 9.99. The molecule has 0 unspecified atom stereocenters. The summed E-state index contributed by atoms with van der Waals surface area (Å²) in [4.78, 5) is 29.0. The Kier molecular flexibility index (Phi) is 6.41. The van der Waals surface area contributed by atoms with E-state index in [-0.39, 0.29) is 17.0 Å². The van der Waals surface area contributed by atoms with Crippen molar-refractivity contribution in [3.8, 4) is 0 Å². The summed E-state index contributed by atoms with van der Waals surface area (Å²) in [6.45, 7) is -0.121. The maximum Gasteiger partial charge on any atom is 0.325 e. The number of aromatic nitrogens is 1. The molecule has 0 aliphatic rings. The van der Waals surface area contributed by atoms with E-state index in [1.54, 1.807) is 22.8 Å². The van der Waals surface area contributed by atoms with E-state index in [1.165, 1.54) is 56.8 Å². The first-order valence-corrected chi connectivity index (χ1v) is 11.2. The molecule has 1 heterocycles. The smallest absolute Gasteiger partial charge is 0.325 e.